The van der Waals surface area contributed by atoms with Crippen LogP contribution in [-0.2, 0) is 11.2 Å². The van der Waals surface area contributed by atoms with Crippen molar-refractivity contribution in [2.45, 2.75) is 19.8 Å². The predicted molar refractivity (Wildman–Crippen MR) is 145 cm³/mol. The molecule has 0 amide bonds. The Morgan fingerprint density at radius 3 is 2.56 bits per heavy atom. The molecule has 0 radical (unpaired) electrons. The smallest absolute Gasteiger partial charge is 0.229 e. The van der Waals surface area contributed by atoms with Crippen molar-refractivity contribution in [2.24, 2.45) is 0 Å². The van der Waals surface area contributed by atoms with E-state index in [0.29, 0.717) is 37.0 Å². The van der Waals surface area contributed by atoms with Gasteiger partial charge in [0, 0.05) is 24.6 Å². The van der Waals surface area contributed by atoms with Crippen LogP contribution in [0.3, 0.4) is 0 Å². The van der Waals surface area contributed by atoms with Crippen molar-refractivity contribution in [3.05, 3.63) is 95.7 Å². The second-order valence-corrected chi connectivity index (χ2v) is 9.33. The fourth-order valence-electron chi connectivity index (χ4n) is 3.70. The monoisotopic (exact) mass is 495 g/mol. The van der Waals surface area contributed by atoms with Crippen LogP contribution in [-0.4, -0.2) is 27.8 Å². The number of benzene rings is 3. The van der Waals surface area contributed by atoms with Crippen molar-refractivity contribution < 1.29 is 9.53 Å². The summed E-state index contributed by atoms with van der Waals surface area (Å²) in [5.74, 6) is 1.86. The van der Waals surface area contributed by atoms with E-state index in [2.05, 4.69) is 41.8 Å². The van der Waals surface area contributed by atoms with Gasteiger partial charge in [-0.05, 0) is 54.4 Å². The quantitative estimate of drug-likeness (QED) is 0.170. The highest BCUT2D eigenvalue weighted by Crippen LogP contribution is 2.29. The van der Waals surface area contributed by atoms with Crippen LogP contribution in [0.15, 0.2) is 78.9 Å². The number of nitrogens with one attached hydrogen (secondary N) is 2. The van der Waals surface area contributed by atoms with E-state index in [4.69, 9.17) is 19.7 Å². The summed E-state index contributed by atoms with van der Waals surface area (Å²) in [6, 6.07) is 25.9. The number of aromatic nitrogens is 3. The highest BCUT2D eigenvalue weighted by atomic mass is 32.1. The van der Waals surface area contributed by atoms with Gasteiger partial charge in [-0.3, -0.25) is 0 Å². The molecule has 0 bridgehead atoms. The Hall–Kier alpha value is -4.30. The Labute approximate surface area is 213 Å². The van der Waals surface area contributed by atoms with Gasteiger partial charge in [0.05, 0.1) is 22.5 Å². The van der Waals surface area contributed by atoms with Gasteiger partial charge < -0.3 is 20.2 Å². The second-order valence-electron chi connectivity index (χ2n) is 8.30. The molecule has 0 atom stereocenters. The molecular formula is C28H25N5O2S. The van der Waals surface area contributed by atoms with E-state index >= 15 is 0 Å². The standard InChI is InChI=1S/C28H25N5O2S/c1-19-8-13-24-25(16-19)36-28(31-24)33-26-18-22(17-20-6-3-2-4-7-20)30-27(32-26)29-21-9-11-23(12-10-21)35-15-5-14-34/h2-4,6-14,16,18H,5,15,17H2,1H3,(H2,29,30,31,32,33). The molecule has 0 saturated carbocycles. The zero-order valence-electron chi connectivity index (χ0n) is 19.8. The molecule has 5 aromatic rings. The Morgan fingerprint density at radius 1 is 0.917 bits per heavy atom. The third-order valence-electron chi connectivity index (χ3n) is 5.40. The Kier molecular flexibility index (Phi) is 7.14. The lowest BCUT2D eigenvalue weighted by Crippen LogP contribution is -2.04. The van der Waals surface area contributed by atoms with Crippen LogP contribution >= 0.6 is 11.3 Å². The highest BCUT2D eigenvalue weighted by Gasteiger charge is 2.10. The highest BCUT2D eigenvalue weighted by molar-refractivity contribution is 7.22. The number of rotatable bonds is 10. The van der Waals surface area contributed by atoms with E-state index in [0.717, 1.165) is 33.0 Å². The van der Waals surface area contributed by atoms with Gasteiger partial charge in [0.2, 0.25) is 5.95 Å². The number of hydrogen-bond donors (Lipinski definition) is 2. The first-order valence-corrected chi connectivity index (χ1v) is 12.5. The first kappa shape index (κ1) is 23.4. The van der Waals surface area contributed by atoms with Gasteiger partial charge in [-0.1, -0.05) is 47.7 Å². The Bertz CT molecular complexity index is 1470. The number of anilines is 4. The van der Waals surface area contributed by atoms with Crippen molar-refractivity contribution in [1.82, 2.24) is 15.0 Å². The van der Waals surface area contributed by atoms with Crippen LogP contribution in [0, 0.1) is 6.92 Å². The number of ether oxygens (including phenoxy) is 1. The van der Waals surface area contributed by atoms with Crippen LogP contribution in [0.4, 0.5) is 22.6 Å². The molecule has 8 heteroatoms. The minimum Gasteiger partial charge on any atom is -0.493 e. The average Bonchev–Trinajstić information content (AvgIpc) is 3.27. The number of nitrogens with zero attached hydrogens (tertiary/aromatic N) is 3. The van der Waals surface area contributed by atoms with Crippen LogP contribution in [0.1, 0.15) is 23.2 Å². The maximum absolute atomic E-state index is 10.5. The maximum Gasteiger partial charge on any atom is 0.229 e. The van der Waals surface area contributed by atoms with Crippen LogP contribution in [0.5, 0.6) is 5.75 Å². The first-order valence-electron chi connectivity index (χ1n) is 11.6. The van der Waals surface area contributed by atoms with Gasteiger partial charge in [-0.15, -0.1) is 0 Å². The lowest BCUT2D eigenvalue weighted by atomic mass is 10.1. The number of carbonyl (C=O) groups excluding carboxylic acids is 1. The Balaban J connectivity index is 1.40. The van der Waals surface area contributed by atoms with Crippen LogP contribution in [0.25, 0.3) is 10.2 Å². The molecule has 180 valence electrons. The normalized spacial score (nSPS) is 10.8. The fourth-order valence-corrected chi connectivity index (χ4v) is 4.67. The number of aryl methyl sites for hydroxylation is 1. The van der Waals surface area contributed by atoms with Crippen molar-refractivity contribution >= 4 is 50.4 Å². The average molecular weight is 496 g/mol. The van der Waals surface area contributed by atoms with Gasteiger partial charge in [0.1, 0.15) is 17.9 Å². The summed E-state index contributed by atoms with van der Waals surface area (Å²) in [5, 5.41) is 7.44. The van der Waals surface area contributed by atoms with Crippen molar-refractivity contribution in [3.8, 4) is 5.75 Å². The van der Waals surface area contributed by atoms with E-state index in [1.807, 2.05) is 54.6 Å². The summed E-state index contributed by atoms with van der Waals surface area (Å²) in [6.07, 6.45) is 1.89. The molecule has 0 aliphatic carbocycles. The lowest BCUT2D eigenvalue weighted by molar-refractivity contribution is -0.108. The van der Waals surface area contributed by atoms with E-state index in [-0.39, 0.29) is 0 Å². The first-order chi connectivity index (χ1) is 17.6. The van der Waals surface area contributed by atoms with Gasteiger partial charge in [0.15, 0.2) is 5.13 Å². The number of carbonyl (C=O) groups is 1. The van der Waals surface area contributed by atoms with E-state index in [1.54, 1.807) is 11.3 Å². The zero-order chi connectivity index (χ0) is 24.7. The van der Waals surface area contributed by atoms with Crippen molar-refractivity contribution in [1.29, 1.82) is 0 Å². The lowest BCUT2D eigenvalue weighted by Gasteiger charge is -2.11. The zero-order valence-corrected chi connectivity index (χ0v) is 20.6. The second kappa shape index (κ2) is 11.0. The molecule has 0 spiro atoms. The third-order valence-corrected chi connectivity index (χ3v) is 6.33. The molecule has 2 N–H and O–H groups in total. The van der Waals surface area contributed by atoms with Crippen LogP contribution in [0.2, 0.25) is 0 Å². The van der Waals surface area contributed by atoms with E-state index < -0.39 is 0 Å². The number of hydrogen-bond acceptors (Lipinski definition) is 8. The van der Waals surface area contributed by atoms with Gasteiger partial charge in [-0.25, -0.2) is 9.97 Å². The SMILES string of the molecule is Cc1ccc2nc(Nc3cc(Cc4ccccc4)nc(Nc4ccc(OCCC=O)cc4)n3)sc2c1. The minimum absolute atomic E-state index is 0.362. The van der Waals surface area contributed by atoms with Gasteiger partial charge in [0.25, 0.3) is 0 Å². The molecule has 0 fully saturated rings. The van der Waals surface area contributed by atoms with Crippen LogP contribution < -0.4 is 15.4 Å². The summed E-state index contributed by atoms with van der Waals surface area (Å²) in [4.78, 5) is 24.6. The topological polar surface area (TPSA) is 89.0 Å². The molecule has 5 rings (SSSR count). The maximum atomic E-state index is 10.5. The molecule has 0 unspecified atom stereocenters. The molecule has 7 nitrogen and oxygen atoms in total. The van der Waals surface area contributed by atoms with E-state index in [9.17, 15) is 4.79 Å². The molecule has 2 heterocycles. The van der Waals surface area contributed by atoms with Crippen molar-refractivity contribution in [3.63, 3.8) is 0 Å². The minimum atomic E-state index is 0.362. The molecule has 2 aromatic heterocycles. The van der Waals surface area contributed by atoms with Crippen molar-refractivity contribution in [2.75, 3.05) is 17.2 Å². The molecule has 0 saturated heterocycles. The number of aldehydes is 1. The molecule has 3 aromatic carbocycles. The molecular weight excluding hydrogens is 470 g/mol. The predicted octanol–water partition coefficient (Wildman–Crippen LogP) is 6.44. The molecule has 0 aliphatic heterocycles. The molecule has 36 heavy (non-hydrogen) atoms. The largest absolute Gasteiger partial charge is 0.493 e. The van der Waals surface area contributed by atoms with Gasteiger partial charge in [-0.2, -0.15) is 4.98 Å². The fraction of sp³-hybridized carbons (Fsp3) is 0.143. The summed E-state index contributed by atoms with van der Waals surface area (Å²) in [6.45, 7) is 2.44. The van der Waals surface area contributed by atoms with E-state index in [1.165, 1.54) is 11.1 Å². The third kappa shape index (κ3) is 6.03. The number of fused-ring (bicyclic) bond motifs is 1. The summed E-state index contributed by atoms with van der Waals surface area (Å²) in [7, 11) is 0. The Morgan fingerprint density at radius 2 is 1.75 bits per heavy atom. The number of thiazole rings is 1. The summed E-state index contributed by atoms with van der Waals surface area (Å²) >= 11 is 1.60. The van der Waals surface area contributed by atoms with Gasteiger partial charge >= 0.3 is 0 Å². The summed E-state index contributed by atoms with van der Waals surface area (Å²) < 4.78 is 6.68. The summed E-state index contributed by atoms with van der Waals surface area (Å²) in [5.41, 5.74) is 5.04. The molecule has 0 aliphatic rings.